The number of benzene rings is 2. The van der Waals surface area contributed by atoms with Crippen LogP contribution in [0.5, 0.6) is 11.5 Å². The van der Waals surface area contributed by atoms with Crippen molar-refractivity contribution >= 4 is 11.6 Å². The Morgan fingerprint density at radius 2 is 1.73 bits per heavy atom. The lowest BCUT2D eigenvalue weighted by Crippen LogP contribution is -2.38. The van der Waals surface area contributed by atoms with E-state index in [0.717, 1.165) is 37.2 Å². The van der Waals surface area contributed by atoms with Crippen molar-refractivity contribution in [2.45, 2.75) is 32.6 Å². The van der Waals surface area contributed by atoms with Crippen LogP contribution in [-0.2, 0) is 6.42 Å². The number of nitrogens with zero attached hydrogens (tertiary/aromatic N) is 2. The number of hydrogen-bond acceptors (Lipinski definition) is 5. The number of piperidine rings is 1. The lowest BCUT2D eigenvalue weighted by atomic mass is 9.90. The van der Waals surface area contributed by atoms with Crippen molar-refractivity contribution in [1.29, 1.82) is 0 Å². The highest BCUT2D eigenvalue weighted by Crippen LogP contribution is 2.28. The highest BCUT2D eigenvalue weighted by Gasteiger charge is 2.24. The molecule has 1 saturated heterocycles. The largest absolute Gasteiger partial charge is 0.497 e. The molecule has 1 heterocycles. The Bertz CT molecular complexity index is 898. The molecular weight excluding hydrogens is 384 g/mol. The Balaban J connectivity index is 1.54. The van der Waals surface area contributed by atoms with Gasteiger partial charge in [-0.05, 0) is 68.4 Å². The number of carbonyl (C=O) groups excluding carboxylic acids is 1. The summed E-state index contributed by atoms with van der Waals surface area (Å²) >= 11 is 0. The van der Waals surface area contributed by atoms with Crippen molar-refractivity contribution in [2.75, 3.05) is 27.3 Å². The summed E-state index contributed by atoms with van der Waals surface area (Å²) in [5.74, 6) is 2.10. The zero-order valence-electron chi connectivity index (χ0n) is 17.7. The van der Waals surface area contributed by atoms with Gasteiger partial charge in [-0.2, -0.15) is 0 Å². The molecule has 0 bridgehead atoms. The van der Waals surface area contributed by atoms with E-state index in [-0.39, 0.29) is 11.6 Å². The second-order valence-corrected chi connectivity index (χ2v) is 7.75. The van der Waals surface area contributed by atoms with Crippen LogP contribution in [0.2, 0.25) is 0 Å². The lowest BCUT2D eigenvalue weighted by molar-refractivity contribution is -0.385. The molecule has 30 heavy (non-hydrogen) atoms. The summed E-state index contributed by atoms with van der Waals surface area (Å²) in [7, 11) is 3.30. The van der Waals surface area contributed by atoms with Crippen LogP contribution in [0.4, 0.5) is 5.69 Å². The third-order valence-electron chi connectivity index (χ3n) is 5.79. The number of carbonyl (C=O) groups is 1. The number of amides is 1. The quantitative estimate of drug-likeness (QED) is 0.497. The van der Waals surface area contributed by atoms with Crippen LogP contribution in [-0.4, -0.2) is 43.0 Å². The highest BCUT2D eigenvalue weighted by atomic mass is 16.6. The molecule has 0 aromatic heterocycles. The van der Waals surface area contributed by atoms with E-state index in [1.807, 2.05) is 23.1 Å². The summed E-state index contributed by atoms with van der Waals surface area (Å²) in [5.41, 5.74) is 2.25. The van der Waals surface area contributed by atoms with E-state index in [4.69, 9.17) is 9.47 Å². The lowest BCUT2D eigenvalue weighted by Gasteiger charge is -2.32. The molecule has 0 aliphatic carbocycles. The van der Waals surface area contributed by atoms with Gasteiger partial charge in [0.2, 0.25) is 0 Å². The first-order valence-electron chi connectivity index (χ1n) is 10.2. The molecule has 0 atom stereocenters. The summed E-state index contributed by atoms with van der Waals surface area (Å²) in [6.45, 7) is 3.08. The fraction of sp³-hybridized carbons (Fsp3) is 0.435. The van der Waals surface area contributed by atoms with Crippen molar-refractivity contribution < 1.29 is 19.2 Å². The average molecular weight is 412 g/mol. The summed E-state index contributed by atoms with van der Waals surface area (Å²) in [6.07, 6.45) is 3.90. The summed E-state index contributed by atoms with van der Waals surface area (Å²) in [6, 6.07) is 10.5. The number of nitro groups is 1. The van der Waals surface area contributed by atoms with Gasteiger partial charge in [-0.15, -0.1) is 0 Å². The second-order valence-electron chi connectivity index (χ2n) is 7.75. The molecule has 2 aromatic carbocycles. The maximum Gasteiger partial charge on any atom is 0.272 e. The van der Waals surface area contributed by atoms with Gasteiger partial charge >= 0.3 is 0 Å². The predicted octanol–water partition coefficient (Wildman–Crippen LogP) is 4.41. The molecule has 2 aromatic rings. The molecule has 7 nitrogen and oxygen atoms in total. The topological polar surface area (TPSA) is 81.9 Å². The van der Waals surface area contributed by atoms with Crippen LogP contribution in [0.15, 0.2) is 36.4 Å². The van der Waals surface area contributed by atoms with Crippen LogP contribution < -0.4 is 9.47 Å². The molecule has 7 heteroatoms. The van der Waals surface area contributed by atoms with Gasteiger partial charge in [0.15, 0.2) is 0 Å². The van der Waals surface area contributed by atoms with E-state index in [2.05, 4.69) is 0 Å². The number of aryl methyl sites for hydroxylation is 2. The predicted molar refractivity (Wildman–Crippen MR) is 114 cm³/mol. The van der Waals surface area contributed by atoms with Crippen LogP contribution in [0.25, 0.3) is 0 Å². The SMILES string of the molecule is COc1cc(CCC2CCN(C(=O)c3ccc([N+](=O)[O-])c(C)c3)CC2)cc(OC)c1. The first-order chi connectivity index (χ1) is 14.4. The van der Waals surface area contributed by atoms with Gasteiger partial charge in [0, 0.05) is 36.3 Å². The van der Waals surface area contributed by atoms with Gasteiger partial charge < -0.3 is 14.4 Å². The minimum atomic E-state index is -0.424. The molecule has 1 aliphatic rings. The zero-order chi connectivity index (χ0) is 21.7. The molecule has 0 spiro atoms. The Labute approximate surface area is 176 Å². The van der Waals surface area contributed by atoms with Gasteiger partial charge in [-0.25, -0.2) is 0 Å². The van der Waals surface area contributed by atoms with Gasteiger partial charge in [0.05, 0.1) is 19.1 Å². The normalized spacial score (nSPS) is 14.4. The molecule has 1 amide bonds. The highest BCUT2D eigenvalue weighted by molar-refractivity contribution is 5.94. The van der Waals surface area contributed by atoms with Gasteiger partial charge in [0.25, 0.3) is 11.6 Å². The summed E-state index contributed by atoms with van der Waals surface area (Å²) in [5, 5.41) is 11.0. The second kappa shape index (κ2) is 9.61. The fourth-order valence-electron chi connectivity index (χ4n) is 3.98. The van der Waals surface area contributed by atoms with E-state index in [9.17, 15) is 14.9 Å². The number of likely N-dealkylation sites (tertiary alicyclic amines) is 1. The van der Waals surface area contributed by atoms with Crippen molar-refractivity contribution in [1.82, 2.24) is 4.90 Å². The Kier molecular flexibility index (Phi) is 6.92. The zero-order valence-corrected chi connectivity index (χ0v) is 17.7. The fourth-order valence-corrected chi connectivity index (χ4v) is 3.98. The third kappa shape index (κ3) is 5.09. The van der Waals surface area contributed by atoms with E-state index < -0.39 is 4.92 Å². The minimum absolute atomic E-state index is 0.0411. The van der Waals surface area contributed by atoms with Crippen LogP contribution in [0, 0.1) is 23.0 Å². The van der Waals surface area contributed by atoms with Gasteiger partial charge in [-0.3, -0.25) is 14.9 Å². The standard InChI is InChI=1S/C23H28N2O5/c1-16-12-19(6-7-22(16)25(27)28)23(26)24-10-8-17(9-11-24)4-5-18-13-20(29-2)15-21(14-18)30-3/h6-7,12-15,17H,4-5,8-11H2,1-3H3. The number of ether oxygens (including phenoxy) is 2. The molecule has 1 fully saturated rings. The van der Waals surface area contributed by atoms with E-state index in [0.29, 0.717) is 30.1 Å². The van der Waals surface area contributed by atoms with Crippen molar-refractivity contribution in [3.05, 3.63) is 63.2 Å². The number of hydrogen-bond donors (Lipinski definition) is 0. The maximum atomic E-state index is 12.8. The van der Waals surface area contributed by atoms with Crippen molar-refractivity contribution in [3.63, 3.8) is 0 Å². The van der Waals surface area contributed by atoms with Gasteiger partial charge in [0.1, 0.15) is 11.5 Å². The van der Waals surface area contributed by atoms with Crippen molar-refractivity contribution in [2.24, 2.45) is 5.92 Å². The maximum absolute atomic E-state index is 12.8. The molecule has 0 unspecified atom stereocenters. The van der Waals surface area contributed by atoms with E-state index in [1.54, 1.807) is 33.3 Å². The third-order valence-corrected chi connectivity index (χ3v) is 5.79. The first kappa shape index (κ1) is 21.6. The van der Waals surface area contributed by atoms with Crippen LogP contribution in [0.1, 0.15) is 40.7 Å². The minimum Gasteiger partial charge on any atom is -0.497 e. The first-order valence-corrected chi connectivity index (χ1v) is 10.2. The molecule has 3 rings (SSSR count). The molecule has 0 saturated carbocycles. The Hall–Kier alpha value is -3.09. The molecular formula is C23H28N2O5. The number of nitro benzene ring substituents is 1. The van der Waals surface area contributed by atoms with E-state index >= 15 is 0 Å². The summed E-state index contributed by atoms with van der Waals surface area (Å²) in [4.78, 5) is 25.2. The number of rotatable bonds is 7. The molecule has 160 valence electrons. The monoisotopic (exact) mass is 412 g/mol. The average Bonchev–Trinajstić information content (AvgIpc) is 2.76. The number of methoxy groups -OCH3 is 2. The molecule has 0 radical (unpaired) electrons. The van der Waals surface area contributed by atoms with Crippen molar-refractivity contribution in [3.8, 4) is 11.5 Å². The van der Waals surface area contributed by atoms with Gasteiger partial charge in [-0.1, -0.05) is 0 Å². The van der Waals surface area contributed by atoms with Crippen LogP contribution in [0.3, 0.4) is 0 Å². The molecule has 0 N–H and O–H groups in total. The Morgan fingerprint density at radius 1 is 1.10 bits per heavy atom. The molecule has 1 aliphatic heterocycles. The Morgan fingerprint density at radius 3 is 2.27 bits per heavy atom. The van der Waals surface area contributed by atoms with E-state index in [1.165, 1.54) is 11.6 Å². The summed E-state index contributed by atoms with van der Waals surface area (Å²) < 4.78 is 10.7. The smallest absolute Gasteiger partial charge is 0.272 e. The van der Waals surface area contributed by atoms with Crippen LogP contribution >= 0.6 is 0 Å².